The van der Waals surface area contributed by atoms with Crippen LogP contribution in [0.4, 0.5) is 5.69 Å². The molecule has 0 aliphatic carbocycles. The minimum Gasteiger partial charge on any atom is -0.394 e. The molecular formula is C25H34N2O6S. The highest BCUT2D eigenvalue weighted by molar-refractivity contribution is 7.21. The Morgan fingerprint density at radius 2 is 1.24 bits per heavy atom. The summed E-state index contributed by atoms with van der Waals surface area (Å²) in [4.78, 5) is 4.71. The lowest BCUT2D eigenvalue weighted by atomic mass is 10.2. The lowest BCUT2D eigenvalue weighted by molar-refractivity contribution is -0.0127. The highest BCUT2D eigenvalue weighted by Crippen LogP contribution is 2.30. The van der Waals surface area contributed by atoms with E-state index in [-0.39, 0.29) is 6.61 Å². The van der Waals surface area contributed by atoms with Crippen molar-refractivity contribution in [3.63, 3.8) is 0 Å². The summed E-state index contributed by atoms with van der Waals surface area (Å²) in [6.45, 7) is 5.89. The van der Waals surface area contributed by atoms with Gasteiger partial charge in [0, 0.05) is 17.8 Å². The van der Waals surface area contributed by atoms with Crippen LogP contribution >= 0.6 is 11.3 Å². The fourth-order valence-electron chi connectivity index (χ4n) is 3.04. The summed E-state index contributed by atoms with van der Waals surface area (Å²) >= 11 is 1.71. The maximum absolute atomic E-state index is 8.57. The molecule has 0 aliphatic heterocycles. The van der Waals surface area contributed by atoms with Crippen LogP contribution < -0.4 is 5.32 Å². The van der Waals surface area contributed by atoms with E-state index in [2.05, 4.69) is 35.6 Å². The van der Waals surface area contributed by atoms with Gasteiger partial charge in [0.1, 0.15) is 5.01 Å². The van der Waals surface area contributed by atoms with E-state index in [0.717, 1.165) is 28.3 Å². The second-order valence-corrected chi connectivity index (χ2v) is 8.31. The first kappa shape index (κ1) is 26.5. The van der Waals surface area contributed by atoms with Crippen LogP contribution in [0.25, 0.3) is 20.8 Å². The second kappa shape index (κ2) is 16.5. The van der Waals surface area contributed by atoms with Crippen molar-refractivity contribution in [3.05, 3.63) is 48.5 Å². The van der Waals surface area contributed by atoms with Gasteiger partial charge in [0.2, 0.25) is 0 Å². The average molecular weight is 491 g/mol. The Labute approximate surface area is 204 Å². The summed E-state index contributed by atoms with van der Waals surface area (Å²) in [5.41, 5.74) is 3.23. The van der Waals surface area contributed by atoms with Crippen molar-refractivity contribution < 1.29 is 28.8 Å². The molecule has 34 heavy (non-hydrogen) atoms. The number of para-hydroxylation sites is 1. The first-order chi connectivity index (χ1) is 16.9. The SMILES string of the molecule is OCCOCCOCCOCCOCCOCCNc1ccc(-c2nc3ccccc3s2)cc1. The van der Waals surface area contributed by atoms with Crippen LogP contribution in [0, 0.1) is 0 Å². The fourth-order valence-corrected chi connectivity index (χ4v) is 4.01. The highest BCUT2D eigenvalue weighted by Gasteiger charge is 2.05. The van der Waals surface area contributed by atoms with Crippen molar-refractivity contribution in [2.45, 2.75) is 0 Å². The topological polar surface area (TPSA) is 91.3 Å². The number of thiazole rings is 1. The van der Waals surface area contributed by atoms with Gasteiger partial charge in [-0.15, -0.1) is 11.3 Å². The number of nitrogens with one attached hydrogen (secondary N) is 1. The summed E-state index contributed by atoms with van der Waals surface area (Å²) in [7, 11) is 0. The Balaban J connectivity index is 1.14. The van der Waals surface area contributed by atoms with E-state index >= 15 is 0 Å². The van der Waals surface area contributed by atoms with Gasteiger partial charge in [0.15, 0.2) is 0 Å². The zero-order chi connectivity index (χ0) is 23.7. The Morgan fingerprint density at radius 3 is 1.82 bits per heavy atom. The first-order valence-electron chi connectivity index (χ1n) is 11.6. The van der Waals surface area contributed by atoms with Gasteiger partial charge in [0.05, 0.1) is 82.9 Å². The lowest BCUT2D eigenvalue weighted by Gasteiger charge is -2.09. The zero-order valence-corrected chi connectivity index (χ0v) is 20.3. The molecule has 8 nitrogen and oxygen atoms in total. The predicted octanol–water partition coefficient (Wildman–Crippen LogP) is 3.45. The molecule has 0 spiro atoms. The largest absolute Gasteiger partial charge is 0.394 e. The third kappa shape index (κ3) is 10.0. The smallest absolute Gasteiger partial charge is 0.124 e. The Kier molecular flexibility index (Phi) is 12.9. The lowest BCUT2D eigenvalue weighted by Crippen LogP contribution is -2.15. The molecule has 186 valence electrons. The van der Waals surface area contributed by atoms with Gasteiger partial charge in [-0.3, -0.25) is 0 Å². The van der Waals surface area contributed by atoms with Crippen LogP contribution in [0.1, 0.15) is 0 Å². The predicted molar refractivity (Wildman–Crippen MR) is 135 cm³/mol. The van der Waals surface area contributed by atoms with Crippen LogP contribution in [0.3, 0.4) is 0 Å². The van der Waals surface area contributed by atoms with Crippen molar-refractivity contribution in [1.82, 2.24) is 4.98 Å². The van der Waals surface area contributed by atoms with E-state index in [1.165, 1.54) is 4.70 Å². The maximum atomic E-state index is 8.57. The number of ether oxygens (including phenoxy) is 5. The zero-order valence-electron chi connectivity index (χ0n) is 19.4. The van der Waals surface area contributed by atoms with Gasteiger partial charge in [0.25, 0.3) is 0 Å². The Bertz CT molecular complexity index is 888. The Morgan fingerprint density at radius 1 is 0.676 bits per heavy atom. The van der Waals surface area contributed by atoms with Gasteiger partial charge in [-0.05, 0) is 36.4 Å². The molecule has 3 rings (SSSR count). The molecule has 0 saturated carbocycles. The number of rotatable bonds is 19. The quantitative estimate of drug-likeness (QED) is 0.247. The molecule has 1 aromatic heterocycles. The van der Waals surface area contributed by atoms with Crippen molar-refractivity contribution in [2.24, 2.45) is 0 Å². The van der Waals surface area contributed by atoms with Crippen molar-refractivity contribution in [3.8, 4) is 10.6 Å². The molecular weight excluding hydrogens is 456 g/mol. The van der Waals surface area contributed by atoms with Gasteiger partial charge in [-0.2, -0.15) is 0 Å². The van der Waals surface area contributed by atoms with E-state index in [0.29, 0.717) is 66.1 Å². The van der Waals surface area contributed by atoms with E-state index < -0.39 is 0 Å². The molecule has 2 N–H and O–H groups in total. The van der Waals surface area contributed by atoms with Gasteiger partial charge >= 0.3 is 0 Å². The number of anilines is 1. The molecule has 0 amide bonds. The summed E-state index contributed by atoms with van der Waals surface area (Å²) < 4.78 is 28.1. The molecule has 3 aromatic rings. The number of aliphatic hydroxyl groups is 1. The average Bonchev–Trinajstić information content (AvgIpc) is 3.31. The van der Waals surface area contributed by atoms with E-state index in [4.69, 9.17) is 33.8 Å². The number of hydrogen-bond donors (Lipinski definition) is 2. The Hall–Kier alpha value is -2.11. The summed E-state index contributed by atoms with van der Waals surface area (Å²) in [6, 6.07) is 16.5. The monoisotopic (exact) mass is 490 g/mol. The van der Waals surface area contributed by atoms with Gasteiger partial charge in [-0.25, -0.2) is 4.98 Å². The minimum atomic E-state index is 0.0342. The molecule has 9 heteroatoms. The fraction of sp³-hybridized carbons (Fsp3) is 0.480. The molecule has 2 aromatic carbocycles. The van der Waals surface area contributed by atoms with E-state index in [9.17, 15) is 0 Å². The number of nitrogens with zero attached hydrogens (tertiary/aromatic N) is 1. The van der Waals surface area contributed by atoms with Crippen molar-refractivity contribution >= 4 is 27.2 Å². The van der Waals surface area contributed by atoms with Crippen LogP contribution in [-0.2, 0) is 23.7 Å². The normalized spacial score (nSPS) is 11.3. The van der Waals surface area contributed by atoms with Crippen LogP contribution in [0.5, 0.6) is 0 Å². The minimum absolute atomic E-state index is 0.0342. The first-order valence-corrected chi connectivity index (χ1v) is 12.4. The maximum Gasteiger partial charge on any atom is 0.124 e. The van der Waals surface area contributed by atoms with Gasteiger partial charge < -0.3 is 34.1 Å². The molecule has 0 unspecified atom stereocenters. The molecule has 0 radical (unpaired) electrons. The molecule has 1 heterocycles. The van der Waals surface area contributed by atoms with Gasteiger partial charge in [-0.1, -0.05) is 12.1 Å². The third-order valence-electron chi connectivity index (χ3n) is 4.72. The molecule has 0 aliphatic rings. The van der Waals surface area contributed by atoms with Crippen molar-refractivity contribution in [2.75, 3.05) is 84.5 Å². The number of aliphatic hydroxyl groups excluding tert-OH is 1. The summed E-state index contributed by atoms with van der Waals surface area (Å²) in [5, 5.41) is 13.0. The molecule has 0 fully saturated rings. The van der Waals surface area contributed by atoms with Crippen LogP contribution in [0.15, 0.2) is 48.5 Å². The van der Waals surface area contributed by atoms with Crippen LogP contribution in [0.2, 0.25) is 0 Å². The number of aromatic nitrogens is 1. The third-order valence-corrected chi connectivity index (χ3v) is 5.81. The number of benzene rings is 2. The van der Waals surface area contributed by atoms with Crippen molar-refractivity contribution in [1.29, 1.82) is 0 Å². The summed E-state index contributed by atoms with van der Waals surface area (Å²) in [6.07, 6.45) is 0. The number of fused-ring (bicyclic) bond motifs is 1. The molecule has 0 bridgehead atoms. The van der Waals surface area contributed by atoms with E-state index in [1.54, 1.807) is 11.3 Å². The molecule has 0 saturated heterocycles. The summed E-state index contributed by atoms with van der Waals surface area (Å²) in [5.74, 6) is 0. The standard InChI is InChI=1S/C25H34N2O6S/c28-10-12-30-14-16-32-18-20-33-19-17-31-15-13-29-11-9-26-22-7-5-21(6-8-22)25-27-23-3-1-2-4-24(23)34-25/h1-8,26,28H,9-20H2. The van der Waals surface area contributed by atoms with Crippen LogP contribution in [-0.4, -0.2) is 89.3 Å². The van der Waals surface area contributed by atoms with E-state index in [1.807, 2.05) is 18.2 Å². The highest BCUT2D eigenvalue weighted by atomic mass is 32.1. The molecule has 0 atom stereocenters. The second-order valence-electron chi connectivity index (χ2n) is 7.28. The number of hydrogen-bond acceptors (Lipinski definition) is 9.